The zero-order valence-corrected chi connectivity index (χ0v) is 13.2. The monoisotopic (exact) mass is 326 g/mol. The molecule has 0 aliphatic carbocycles. The molecule has 0 saturated carbocycles. The number of amides is 1. The highest BCUT2D eigenvalue weighted by atomic mass is 32.2. The smallest absolute Gasteiger partial charge is 0.221 e. The number of anilines is 1. The number of rotatable bonds is 4. The van der Waals surface area contributed by atoms with E-state index in [-0.39, 0.29) is 15.7 Å². The van der Waals surface area contributed by atoms with E-state index in [1.54, 1.807) is 48.5 Å². The van der Waals surface area contributed by atoms with Gasteiger partial charge in [-0.05, 0) is 35.9 Å². The third-order valence-corrected chi connectivity index (χ3v) is 4.66. The fourth-order valence-corrected chi connectivity index (χ4v) is 3.09. The number of nitriles is 1. The van der Waals surface area contributed by atoms with E-state index in [0.29, 0.717) is 11.3 Å². The van der Waals surface area contributed by atoms with E-state index >= 15 is 0 Å². The van der Waals surface area contributed by atoms with E-state index in [2.05, 4.69) is 5.32 Å². The molecule has 2 rings (SSSR count). The lowest BCUT2D eigenvalue weighted by atomic mass is 10.2. The summed E-state index contributed by atoms with van der Waals surface area (Å²) in [6, 6.07) is 16.1. The molecule has 0 atom stereocenters. The third-order valence-electron chi connectivity index (χ3n) is 2.98. The SMILES string of the molecule is CC(=O)Nc1ccc(C=C(C#N)S(=O)(=O)c2ccccc2)cc1. The molecule has 1 N–H and O–H groups in total. The van der Waals surface area contributed by atoms with Gasteiger partial charge in [0.25, 0.3) is 0 Å². The average Bonchev–Trinajstić information content (AvgIpc) is 2.54. The Morgan fingerprint density at radius 3 is 2.22 bits per heavy atom. The Labute approximate surface area is 134 Å². The van der Waals surface area contributed by atoms with Crippen LogP contribution in [0.25, 0.3) is 6.08 Å². The molecule has 0 saturated heterocycles. The van der Waals surface area contributed by atoms with Gasteiger partial charge in [-0.2, -0.15) is 5.26 Å². The van der Waals surface area contributed by atoms with Crippen molar-refractivity contribution in [2.45, 2.75) is 11.8 Å². The van der Waals surface area contributed by atoms with Crippen LogP contribution in [0.3, 0.4) is 0 Å². The van der Waals surface area contributed by atoms with Crippen LogP contribution in [0.1, 0.15) is 12.5 Å². The van der Waals surface area contributed by atoms with Crippen molar-refractivity contribution in [2.24, 2.45) is 0 Å². The van der Waals surface area contributed by atoms with Gasteiger partial charge in [-0.1, -0.05) is 30.3 Å². The number of hydrogen-bond donors (Lipinski definition) is 1. The largest absolute Gasteiger partial charge is 0.326 e. The normalized spacial score (nSPS) is 11.6. The average molecular weight is 326 g/mol. The standard InChI is InChI=1S/C17H14N2O3S/c1-13(20)19-15-9-7-14(8-10-15)11-17(12-18)23(21,22)16-5-3-2-4-6-16/h2-11H,1H3,(H,19,20). The zero-order chi connectivity index (χ0) is 16.9. The number of benzene rings is 2. The number of carbonyl (C=O) groups excluding carboxylic acids is 1. The van der Waals surface area contributed by atoms with Gasteiger partial charge in [0.2, 0.25) is 15.7 Å². The van der Waals surface area contributed by atoms with Gasteiger partial charge in [-0.3, -0.25) is 4.79 Å². The summed E-state index contributed by atoms with van der Waals surface area (Å²) in [5.74, 6) is -0.197. The second-order valence-electron chi connectivity index (χ2n) is 4.74. The first-order chi connectivity index (χ1) is 10.9. The van der Waals surface area contributed by atoms with Crippen molar-refractivity contribution < 1.29 is 13.2 Å². The molecule has 0 unspecified atom stereocenters. The van der Waals surface area contributed by atoms with Crippen LogP contribution in [0, 0.1) is 11.3 Å². The predicted octanol–water partition coefficient (Wildman–Crippen LogP) is 2.98. The predicted molar refractivity (Wildman–Crippen MR) is 88.0 cm³/mol. The first kappa shape index (κ1) is 16.5. The molecule has 0 heterocycles. The van der Waals surface area contributed by atoms with Crippen LogP contribution in [0.2, 0.25) is 0 Å². The van der Waals surface area contributed by atoms with E-state index in [0.717, 1.165) is 0 Å². The summed E-state index contributed by atoms with van der Waals surface area (Å²) in [6.45, 7) is 1.40. The molecule has 0 radical (unpaired) electrons. The first-order valence-corrected chi connectivity index (χ1v) is 8.21. The van der Waals surface area contributed by atoms with Gasteiger partial charge < -0.3 is 5.32 Å². The van der Waals surface area contributed by atoms with Crippen LogP contribution >= 0.6 is 0 Å². The summed E-state index contributed by atoms with van der Waals surface area (Å²) in [4.78, 5) is 10.7. The maximum Gasteiger partial charge on any atom is 0.221 e. The number of sulfone groups is 1. The Kier molecular flexibility index (Phi) is 4.94. The highest BCUT2D eigenvalue weighted by Crippen LogP contribution is 2.21. The summed E-state index contributed by atoms with van der Waals surface area (Å²) >= 11 is 0. The van der Waals surface area contributed by atoms with Gasteiger partial charge in [0.1, 0.15) is 11.0 Å². The molecule has 23 heavy (non-hydrogen) atoms. The van der Waals surface area contributed by atoms with Gasteiger partial charge >= 0.3 is 0 Å². The van der Waals surface area contributed by atoms with E-state index < -0.39 is 9.84 Å². The van der Waals surface area contributed by atoms with Crippen molar-refractivity contribution in [3.05, 3.63) is 65.1 Å². The molecular weight excluding hydrogens is 312 g/mol. The summed E-state index contributed by atoms with van der Waals surface area (Å²) < 4.78 is 24.9. The summed E-state index contributed by atoms with van der Waals surface area (Å²) in [6.07, 6.45) is 1.31. The Hall–Kier alpha value is -2.91. The van der Waals surface area contributed by atoms with Crippen molar-refractivity contribution >= 4 is 27.5 Å². The van der Waals surface area contributed by atoms with E-state index in [4.69, 9.17) is 0 Å². The molecule has 2 aromatic carbocycles. The minimum atomic E-state index is -3.85. The molecule has 5 nitrogen and oxygen atoms in total. The van der Waals surface area contributed by atoms with E-state index in [9.17, 15) is 18.5 Å². The van der Waals surface area contributed by atoms with Gasteiger partial charge in [-0.15, -0.1) is 0 Å². The van der Waals surface area contributed by atoms with Crippen LogP contribution in [-0.4, -0.2) is 14.3 Å². The molecular formula is C17H14N2O3S. The summed E-state index contributed by atoms with van der Waals surface area (Å²) in [5.41, 5.74) is 1.15. The number of nitrogens with zero attached hydrogens (tertiary/aromatic N) is 1. The fraction of sp³-hybridized carbons (Fsp3) is 0.0588. The molecule has 0 aromatic heterocycles. The second-order valence-corrected chi connectivity index (χ2v) is 6.66. The van der Waals surface area contributed by atoms with Crippen molar-refractivity contribution in [3.63, 3.8) is 0 Å². The molecule has 0 bridgehead atoms. The lowest BCUT2D eigenvalue weighted by molar-refractivity contribution is -0.114. The summed E-state index contributed by atoms with van der Waals surface area (Å²) in [5, 5.41) is 11.8. The quantitative estimate of drug-likeness (QED) is 0.875. The lowest BCUT2D eigenvalue weighted by Crippen LogP contribution is -2.05. The van der Waals surface area contributed by atoms with Crippen molar-refractivity contribution in [3.8, 4) is 6.07 Å². The number of allylic oxidation sites excluding steroid dienone is 1. The highest BCUT2D eigenvalue weighted by molar-refractivity contribution is 7.95. The van der Waals surface area contributed by atoms with Crippen LogP contribution < -0.4 is 5.32 Å². The topological polar surface area (TPSA) is 87.0 Å². The number of carbonyl (C=O) groups is 1. The Morgan fingerprint density at radius 1 is 1.09 bits per heavy atom. The molecule has 0 spiro atoms. The van der Waals surface area contributed by atoms with E-state index in [1.165, 1.54) is 25.1 Å². The second kappa shape index (κ2) is 6.90. The molecule has 2 aromatic rings. The fourth-order valence-electron chi connectivity index (χ4n) is 1.91. The third kappa shape index (κ3) is 4.05. The number of hydrogen-bond acceptors (Lipinski definition) is 4. The maximum atomic E-state index is 12.4. The van der Waals surface area contributed by atoms with Gasteiger partial charge in [0, 0.05) is 12.6 Å². The van der Waals surface area contributed by atoms with Crippen LogP contribution in [0.4, 0.5) is 5.69 Å². The molecule has 1 amide bonds. The van der Waals surface area contributed by atoms with Crippen LogP contribution in [-0.2, 0) is 14.6 Å². The molecule has 0 fully saturated rings. The highest BCUT2D eigenvalue weighted by Gasteiger charge is 2.20. The van der Waals surface area contributed by atoms with E-state index in [1.807, 2.05) is 0 Å². The molecule has 6 heteroatoms. The Balaban J connectivity index is 2.36. The number of nitrogens with one attached hydrogen (secondary N) is 1. The minimum absolute atomic E-state index is 0.0719. The maximum absolute atomic E-state index is 12.4. The van der Waals surface area contributed by atoms with Crippen LogP contribution in [0.15, 0.2) is 64.4 Å². The molecule has 116 valence electrons. The van der Waals surface area contributed by atoms with Gasteiger partial charge in [0.05, 0.1) is 4.90 Å². The summed E-state index contributed by atoms with van der Waals surface area (Å²) in [7, 11) is -3.85. The molecule has 0 aliphatic heterocycles. The van der Waals surface area contributed by atoms with Crippen LogP contribution in [0.5, 0.6) is 0 Å². The zero-order valence-electron chi connectivity index (χ0n) is 12.4. The minimum Gasteiger partial charge on any atom is -0.326 e. The molecule has 0 aliphatic rings. The van der Waals surface area contributed by atoms with Gasteiger partial charge in [0.15, 0.2) is 0 Å². The Bertz CT molecular complexity index is 878. The van der Waals surface area contributed by atoms with Gasteiger partial charge in [-0.25, -0.2) is 8.42 Å². The van der Waals surface area contributed by atoms with Crippen molar-refractivity contribution in [1.29, 1.82) is 5.26 Å². The van der Waals surface area contributed by atoms with Crippen molar-refractivity contribution in [2.75, 3.05) is 5.32 Å². The first-order valence-electron chi connectivity index (χ1n) is 6.73. The Morgan fingerprint density at radius 2 is 1.70 bits per heavy atom. The van der Waals surface area contributed by atoms with Crippen molar-refractivity contribution in [1.82, 2.24) is 0 Å². The lowest BCUT2D eigenvalue weighted by Gasteiger charge is -2.04.